The summed E-state index contributed by atoms with van der Waals surface area (Å²) in [5.41, 5.74) is -0.902. The molecule has 0 aliphatic carbocycles. The van der Waals surface area contributed by atoms with Crippen molar-refractivity contribution in [1.29, 1.82) is 0 Å². The van der Waals surface area contributed by atoms with Crippen LogP contribution in [0.25, 0.3) is 0 Å². The molecule has 84 valence electrons. The first-order chi connectivity index (χ1) is 6.47. The van der Waals surface area contributed by atoms with Crippen molar-refractivity contribution in [1.82, 2.24) is 10.0 Å². The van der Waals surface area contributed by atoms with Crippen LogP contribution in [0.15, 0.2) is 0 Å². The molecule has 6 heteroatoms. The van der Waals surface area contributed by atoms with Crippen LogP contribution >= 0.6 is 0 Å². The van der Waals surface area contributed by atoms with Gasteiger partial charge in [0.05, 0.1) is 11.4 Å². The van der Waals surface area contributed by atoms with Gasteiger partial charge in [-0.1, -0.05) is 6.92 Å². The summed E-state index contributed by atoms with van der Waals surface area (Å²) >= 11 is 0. The first kappa shape index (κ1) is 11.9. The summed E-state index contributed by atoms with van der Waals surface area (Å²) in [6, 6.07) is 0. The maximum absolute atomic E-state index is 11.3. The predicted molar refractivity (Wildman–Crippen MR) is 54.5 cm³/mol. The van der Waals surface area contributed by atoms with Gasteiger partial charge in [0.1, 0.15) is 0 Å². The van der Waals surface area contributed by atoms with Gasteiger partial charge in [0, 0.05) is 13.1 Å². The lowest BCUT2D eigenvalue weighted by molar-refractivity contribution is 0.0667. The summed E-state index contributed by atoms with van der Waals surface area (Å²) in [5.74, 6) is 0.122. The smallest absolute Gasteiger partial charge is 0.211 e. The van der Waals surface area contributed by atoms with E-state index in [1.807, 2.05) is 6.92 Å². The Balaban J connectivity index is 2.39. The topological polar surface area (TPSA) is 78.4 Å². The van der Waals surface area contributed by atoms with Crippen LogP contribution in [0.4, 0.5) is 0 Å². The lowest BCUT2D eigenvalue weighted by Gasteiger charge is -2.21. The molecule has 1 heterocycles. The van der Waals surface area contributed by atoms with Crippen LogP contribution in [0.1, 0.15) is 19.8 Å². The van der Waals surface area contributed by atoms with Crippen LogP contribution in [-0.2, 0) is 10.0 Å². The molecule has 0 bridgehead atoms. The molecule has 5 nitrogen and oxygen atoms in total. The third kappa shape index (κ3) is 3.53. The SMILES string of the molecule is CCCS(=O)(=O)NCC1(O)CCNC1. The van der Waals surface area contributed by atoms with Crippen molar-refractivity contribution in [2.24, 2.45) is 0 Å². The maximum Gasteiger partial charge on any atom is 0.211 e. The Morgan fingerprint density at radius 3 is 2.79 bits per heavy atom. The van der Waals surface area contributed by atoms with Gasteiger partial charge in [-0.3, -0.25) is 0 Å². The molecule has 1 atom stereocenters. The van der Waals surface area contributed by atoms with Gasteiger partial charge in [-0.15, -0.1) is 0 Å². The average Bonchev–Trinajstić information content (AvgIpc) is 2.50. The number of hydrogen-bond donors (Lipinski definition) is 3. The number of aliphatic hydroxyl groups is 1. The minimum Gasteiger partial charge on any atom is -0.387 e. The van der Waals surface area contributed by atoms with Gasteiger partial charge >= 0.3 is 0 Å². The molecule has 0 aromatic heterocycles. The molecular formula is C8H18N2O3S. The molecule has 1 aliphatic rings. The Hall–Kier alpha value is -0.170. The number of rotatable bonds is 5. The van der Waals surface area contributed by atoms with Gasteiger partial charge in [-0.25, -0.2) is 13.1 Å². The van der Waals surface area contributed by atoms with Crippen molar-refractivity contribution in [3.8, 4) is 0 Å². The zero-order valence-corrected chi connectivity index (χ0v) is 9.23. The highest BCUT2D eigenvalue weighted by atomic mass is 32.2. The Kier molecular flexibility index (Phi) is 3.88. The van der Waals surface area contributed by atoms with Crippen molar-refractivity contribution in [2.45, 2.75) is 25.4 Å². The summed E-state index contributed by atoms with van der Waals surface area (Å²) in [6.07, 6.45) is 1.19. The highest BCUT2D eigenvalue weighted by molar-refractivity contribution is 7.89. The van der Waals surface area contributed by atoms with E-state index < -0.39 is 15.6 Å². The van der Waals surface area contributed by atoms with Crippen molar-refractivity contribution >= 4 is 10.0 Å². The molecule has 0 amide bonds. The molecule has 1 unspecified atom stereocenters. The van der Waals surface area contributed by atoms with Crippen molar-refractivity contribution in [3.63, 3.8) is 0 Å². The second-order valence-electron chi connectivity index (χ2n) is 3.79. The Labute approximate surface area is 84.9 Å². The molecule has 0 spiro atoms. The standard InChI is InChI=1S/C8H18N2O3S/c1-2-5-14(12,13)10-7-8(11)3-4-9-6-8/h9-11H,2-7H2,1H3. The molecule has 1 saturated heterocycles. The van der Waals surface area contributed by atoms with Gasteiger partial charge in [-0.2, -0.15) is 0 Å². The quantitative estimate of drug-likeness (QED) is 0.560. The number of β-amino-alcohol motifs (C(OH)–C–C–N with tert-alkyl or cyclic N) is 1. The number of nitrogens with one attached hydrogen (secondary N) is 2. The molecule has 0 saturated carbocycles. The third-order valence-electron chi connectivity index (χ3n) is 2.32. The molecule has 1 rings (SSSR count). The summed E-state index contributed by atoms with van der Waals surface area (Å²) < 4.78 is 25.0. The van der Waals surface area contributed by atoms with E-state index in [2.05, 4.69) is 10.0 Å². The summed E-state index contributed by atoms with van der Waals surface area (Å²) in [7, 11) is -3.20. The second kappa shape index (κ2) is 4.57. The van der Waals surface area contributed by atoms with Crippen LogP contribution in [-0.4, -0.2) is 44.5 Å². The van der Waals surface area contributed by atoms with Gasteiger partial charge in [0.15, 0.2) is 0 Å². The van der Waals surface area contributed by atoms with Gasteiger partial charge < -0.3 is 10.4 Å². The third-order valence-corrected chi connectivity index (χ3v) is 3.85. The summed E-state index contributed by atoms with van der Waals surface area (Å²) in [4.78, 5) is 0. The monoisotopic (exact) mass is 222 g/mol. The molecule has 1 fully saturated rings. The fourth-order valence-electron chi connectivity index (χ4n) is 1.47. The molecule has 0 aromatic carbocycles. The zero-order chi connectivity index (χ0) is 10.7. The maximum atomic E-state index is 11.3. The average molecular weight is 222 g/mol. The molecule has 3 N–H and O–H groups in total. The van der Waals surface area contributed by atoms with Crippen molar-refractivity contribution in [3.05, 3.63) is 0 Å². The van der Waals surface area contributed by atoms with E-state index in [9.17, 15) is 13.5 Å². The van der Waals surface area contributed by atoms with Crippen LogP contribution < -0.4 is 10.0 Å². The second-order valence-corrected chi connectivity index (χ2v) is 5.72. The Bertz CT molecular complexity index is 270. The van der Waals surface area contributed by atoms with E-state index in [0.717, 1.165) is 6.54 Å². The van der Waals surface area contributed by atoms with Crippen molar-refractivity contribution in [2.75, 3.05) is 25.4 Å². The van der Waals surface area contributed by atoms with E-state index >= 15 is 0 Å². The fourth-order valence-corrected chi connectivity index (χ4v) is 2.64. The molecule has 0 aromatic rings. The van der Waals surface area contributed by atoms with Crippen LogP contribution in [0, 0.1) is 0 Å². The minimum absolute atomic E-state index is 0.113. The highest BCUT2D eigenvalue weighted by Gasteiger charge is 2.31. The lowest BCUT2D eigenvalue weighted by Crippen LogP contribution is -2.44. The zero-order valence-electron chi connectivity index (χ0n) is 8.41. The largest absolute Gasteiger partial charge is 0.387 e. The molecule has 14 heavy (non-hydrogen) atoms. The first-order valence-electron chi connectivity index (χ1n) is 4.88. The normalized spacial score (nSPS) is 28.1. The van der Waals surface area contributed by atoms with Gasteiger partial charge in [0.2, 0.25) is 10.0 Å². The van der Waals surface area contributed by atoms with E-state index in [1.165, 1.54) is 0 Å². The first-order valence-corrected chi connectivity index (χ1v) is 6.53. The summed E-state index contributed by atoms with van der Waals surface area (Å²) in [5, 5.41) is 12.8. The van der Waals surface area contributed by atoms with Crippen LogP contribution in [0.3, 0.4) is 0 Å². The van der Waals surface area contributed by atoms with Crippen LogP contribution in [0.5, 0.6) is 0 Å². The van der Waals surface area contributed by atoms with Crippen molar-refractivity contribution < 1.29 is 13.5 Å². The van der Waals surface area contributed by atoms with E-state index in [-0.39, 0.29) is 12.3 Å². The molecular weight excluding hydrogens is 204 g/mol. The van der Waals surface area contributed by atoms with Gasteiger partial charge in [0.25, 0.3) is 0 Å². The van der Waals surface area contributed by atoms with Crippen LogP contribution in [0.2, 0.25) is 0 Å². The predicted octanol–water partition coefficient (Wildman–Crippen LogP) is -0.960. The fraction of sp³-hybridized carbons (Fsp3) is 1.00. The van der Waals surface area contributed by atoms with E-state index in [0.29, 0.717) is 19.4 Å². The Morgan fingerprint density at radius 1 is 1.57 bits per heavy atom. The van der Waals surface area contributed by atoms with E-state index in [4.69, 9.17) is 0 Å². The summed E-state index contributed by atoms with van der Waals surface area (Å²) in [6.45, 7) is 3.13. The number of hydrogen-bond acceptors (Lipinski definition) is 4. The number of sulfonamides is 1. The highest BCUT2D eigenvalue weighted by Crippen LogP contribution is 2.12. The molecule has 0 radical (unpaired) electrons. The van der Waals surface area contributed by atoms with E-state index in [1.54, 1.807) is 0 Å². The lowest BCUT2D eigenvalue weighted by atomic mass is 10.1. The Morgan fingerprint density at radius 2 is 2.29 bits per heavy atom. The molecule has 1 aliphatic heterocycles. The van der Waals surface area contributed by atoms with Gasteiger partial charge in [-0.05, 0) is 19.4 Å². The minimum atomic E-state index is -3.20.